The minimum absolute atomic E-state index is 0.0189. The maximum Gasteiger partial charge on any atom is 0.225 e. The molecule has 0 aliphatic heterocycles. The number of rotatable bonds is 7. The summed E-state index contributed by atoms with van der Waals surface area (Å²) in [5.74, 6) is 2.26. The van der Waals surface area contributed by atoms with E-state index in [2.05, 4.69) is 24.2 Å². The first-order chi connectivity index (χ1) is 9.99. The SMILES string of the molecule is COc1ccc(N)cc1NC(=O)CCN(C)CC1CC1C. The van der Waals surface area contributed by atoms with Crippen LogP contribution >= 0.6 is 0 Å². The number of hydrogen-bond donors (Lipinski definition) is 2. The van der Waals surface area contributed by atoms with Gasteiger partial charge in [0.15, 0.2) is 0 Å². The van der Waals surface area contributed by atoms with Gasteiger partial charge < -0.3 is 20.7 Å². The van der Waals surface area contributed by atoms with Crippen LogP contribution in [0.15, 0.2) is 18.2 Å². The predicted octanol–water partition coefficient (Wildman–Crippen LogP) is 2.19. The largest absolute Gasteiger partial charge is 0.495 e. The standard InChI is InChI=1S/C16H25N3O2/c1-11-8-12(11)10-19(2)7-6-16(20)18-14-9-13(17)4-5-15(14)21-3/h4-5,9,11-12H,6-8,10,17H2,1-3H3,(H,18,20). The predicted molar refractivity (Wildman–Crippen MR) is 85.4 cm³/mol. The summed E-state index contributed by atoms with van der Waals surface area (Å²) in [6.45, 7) is 4.12. The third kappa shape index (κ3) is 4.63. The summed E-state index contributed by atoms with van der Waals surface area (Å²) in [6, 6.07) is 5.22. The number of nitrogen functional groups attached to an aromatic ring is 1. The highest BCUT2D eigenvalue weighted by Crippen LogP contribution is 2.37. The lowest BCUT2D eigenvalue weighted by atomic mass is 10.2. The number of ether oxygens (including phenoxy) is 1. The van der Waals surface area contributed by atoms with Crippen LogP contribution in [0.3, 0.4) is 0 Å². The van der Waals surface area contributed by atoms with E-state index in [1.54, 1.807) is 25.3 Å². The Labute approximate surface area is 126 Å². The summed E-state index contributed by atoms with van der Waals surface area (Å²) in [6.07, 6.45) is 1.78. The second kappa shape index (κ2) is 6.80. The van der Waals surface area contributed by atoms with Crippen LogP contribution < -0.4 is 15.8 Å². The molecular weight excluding hydrogens is 266 g/mol. The first kappa shape index (κ1) is 15.6. The highest BCUT2D eigenvalue weighted by molar-refractivity contribution is 5.93. The van der Waals surface area contributed by atoms with Crippen LogP contribution in [-0.4, -0.2) is 38.1 Å². The molecule has 1 fully saturated rings. The van der Waals surface area contributed by atoms with Crippen LogP contribution in [0.4, 0.5) is 11.4 Å². The number of methoxy groups -OCH3 is 1. The molecule has 0 heterocycles. The summed E-state index contributed by atoms with van der Waals surface area (Å²) in [4.78, 5) is 14.3. The summed E-state index contributed by atoms with van der Waals surface area (Å²) < 4.78 is 5.22. The normalized spacial score (nSPS) is 20.4. The van der Waals surface area contributed by atoms with Crippen molar-refractivity contribution < 1.29 is 9.53 Å². The summed E-state index contributed by atoms with van der Waals surface area (Å²) in [7, 11) is 3.64. The lowest BCUT2D eigenvalue weighted by Crippen LogP contribution is -2.26. The average Bonchev–Trinajstić information content (AvgIpc) is 3.12. The second-order valence-electron chi connectivity index (χ2n) is 5.99. The number of nitrogens with one attached hydrogen (secondary N) is 1. The van der Waals surface area contributed by atoms with Gasteiger partial charge in [0, 0.05) is 25.2 Å². The van der Waals surface area contributed by atoms with Crippen molar-refractivity contribution in [3.8, 4) is 5.75 Å². The molecule has 2 rings (SSSR count). The highest BCUT2D eigenvalue weighted by atomic mass is 16.5. The number of carbonyl (C=O) groups is 1. The molecule has 5 nitrogen and oxygen atoms in total. The molecule has 1 amide bonds. The number of nitrogens with zero attached hydrogens (tertiary/aromatic N) is 1. The topological polar surface area (TPSA) is 67.6 Å². The van der Waals surface area contributed by atoms with Gasteiger partial charge in [0.2, 0.25) is 5.91 Å². The molecule has 0 spiro atoms. The van der Waals surface area contributed by atoms with E-state index in [0.717, 1.165) is 24.9 Å². The fourth-order valence-corrected chi connectivity index (χ4v) is 2.47. The Morgan fingerprint density at radius 1 is 1.52 bits per heavy atom. The molecule has 1 aliphatic carbocycles. The maximum atomic E-state index is 12.0. The third-order valence-electron chi connectivity index (χ3n) is 4.04. The Morgan fingerprint density at radius 2 is 2.24 bits per heavy atom. The third-order valence-corrected chi connectivity index (χ3v) is 4.04. The van der Waals surface area contributed by atoms with Crippen molar-refractivity contribution >= 4 is 17.3 Å². The molecule has 5 heteroatoms. The number of carbonyl (C=O) groups excluding carboxylic acids is 1. The number of anilines is 2. The van der Waals surface area contributed by atoms with Crippen molar-refractivity contribution in [2.24, 2.45) is 11.8 Å². The Kier molecular flexibility index (Phi) is 5.07. The van der Waals surface area contributed by atoms with Crippen molar-refractivity contribution in [1.29, 1.82) is 0 Å². The average molecular weight is 291 g/mol. The van der Waals surface area contributed by atoms with Crippen LogP contribution in [0.2, 0.25) is 0 Å². The van der Waals surface area contributed by atoms with Crippen molar-refractivity contribution in [1.82, 2.24) is 4.90 Å². The van der Waals surface area contributed by atoms with Crippen LogP contribution in [0.5, 0.6) is 5.75 Å². The van der Waals surface area contributed by atoms with Gasteiger partial charge in [-0.05, 0) is 43.5 Å². The first-order valence-corrected chi connectivity index (χ1v) is 7.41. The molecule has 0 aromatic heterocycles. The molecule has 0 saturated heterocycles. The minimum atomic E-state index is -0.0189. The first-order valence-electron chi connectivity index (χ1n) is 7.41. The quantitative estimate of drug-likeness (QED) is 0.756. The summed E-state index contributed by atoms with van der Waals surface area (Å²) in [5, 5.41) is 2.86. The number of benzene rings is 1. The fraction of sp³-hybridized carbons (Fsp3) is 0.562. The zero-order valence-corrected chi connectivity index (χ0v) is 13.1. The lowest BCUT2D eigenvalue weighted by molar-refractivity contribution is -0.116. The minimum Gasteiger partial charge on any atom is -0.495 e. The van der Waals surface area contributed by atoms with Gasteiger partial charge in [0.25, 0.3) is 0 Å². The van der Waals surface area contributed by atoms with Crippen LogP contribution in [-0.2, 0) is 4.79 Å². The van der Waals surface area contributed by atoms with Gasteiger partial charge in [-0.1, -0.05) is 6.92 Å². The maximum absolute atomic E-state index is 12.0. The van der Waals surface area contributed by atoms with Crippen LogP contribution in [0.25, 0.3) is 0 Å². The van der Waals surface area contributed by atoms with Gasteiger partial charge in [-0.15, -0.1) is 0 Å². The van der Waals surface area contributed by atoms with Gasteiger partial charge in [-0.25, -0.2) is 0 Å². The number of amides is 1. The molecule has 2 unspecified atom stereocenters. The van der Waals surface area contributed by atoms with E-state index >= 15 is 0 Å². The smallest absolute Gasteiger partial charge is 0.225 e. The van der Waals surface area contributed by atoms with Gasteiger partial charge in [0.1, 0.15) is 5.75 Å². The van der Waals surface area contributed by atoms with Gasteiger partial charge in [-0.2, -0.15) is 0 Å². The van der Waals surface area contributed by atoms with E-state index in [1.165, 1.54) is 6.42 Å². The van der Waals surface area contributed by atoms with Crippen molar-refractivity contribution in [2.75, 3.05) is 38.3 Å². The molecule has 3 N–H and O–H groups in total. The molecular formula is C16H25N3O2. The molecule has 1 saturated carbocycles. The summed E-state index contributed by atoms with van der Waals surface area (Å²) in [5.41, 5.74) is 6.97. The van der Waals surface area contributed by atoms with Crippen LogP contribution in [0.1, 0.15) is 19.8 Å². The van der Waals surface area contributed by atoms with Gasteiger partial charge >= 0.3 is 0 Å². The van der Waals surface area contributed by atoms with E-state index in [4.69, 9.17) is 10.5 Å². The Morgan fingerprint density at radius 3 is 2.86 bits per heavy atom. The highest BCUT2D eigenvalue weighted by Gasteiger charge is 2.32. The Bertz CT molecular complexity index is 504. The molecule has 0 radical (unpaired) electrons. The fourth-order valence-electron chi connectivity index (χ4n) is 2.47. The number of nitrogens with two attached hydrogens (primary N) is 1. The molecule has 21 heavy (non-hydrogen) atoms. The Balaban J connectivity index is 1.80. The van der Waals surface area contributed by atoms with E-state index < -0.39 is 0 Å². The van der Waals surface area contributed by atoms with E-state index in [1.807, 2.05) is 0 Å². The Hall–Kier alpha value is -1.75. The molecule has 1 aliphatic rings. The van der Waals surface area contributed by atoms with E-state index in [9.17, 15) is 4.79 Å². The molecule has 1 aromatic rings. The van der Waals surface area contributed by atoms with Crippen molar-refractivity contribution in [2.45, 2.75) is 19.8 Å². The monoisotopic (exact) mass is 291 g/mol. The van der Waals surface area contributed by atoms with E-state index in [-0.39, 0.29) is 5.91 Å². The lowest BCUT2D eigenvalue weighted by Gasteiger charge is -2.16. The van der Waals surface area contributed by atoms with Crippen molar-refractivity contribution in [3.63, 3.8) is 0 Å². The molecule has 1 aromatic carbocycles. The number of hydrogen-bond acceptors (Lipinski definition) is 4. The molecule has 116 valence electrons. The summed E-state index contributed by atoms with van der Waals surface area (Å²) >= 11 is 0. The van der Waals surface area contributed by atoms with E-state index in [0.29, 0.717) is 23.5 Å². The van der Waals surface area contributed by atoms with Gasteiger partial charge in [0.05, 0.1) is 12.8 Å². The molecule has 2 atom stereocenters. The molecule has 0 bridgehead atoms. The zero-order chi connectivity index (χ0) is 15.4. The van der Waals surface area contributed by atoms with Crippen LogP contribution in [0, 0.1) is 11.8 Å². The van der Waals surface area contributed by atoms with Crippen molar-refractivity contribution in [3.05, 3.63) is 18.2 Å². The van der Waals surface area contributed by atoms with Gasteiger partial charge in [-0.3, -0.25) is 4.79 Å². The second-order valence-corrected chi connectivity index (χ2v) is 5.99. The zero-order valence-electron chi connectivity index (χ0n) is 13.1.